The highest BCUT2D eigenvalue weighted by atomic mass is 35.5. The molecule has 0 spiro atoms. The van der Waals surface area contributed by atoms with E-state index in [2.05, 4.69) is 15.3 Å². The van der Waals surface area contributed by atoms with E-state index in [-0.39, 0.29) is 5.28 Å². The summed E-state index contributed by atoms with van der Waals surface area (Å²) in [5, 5.41) is 16.5. The summed E-state index contributed by atoms with van der Waals surface area (Å²) < 4.78 is 0. The number of fused-ring (bicyclic) bond motifs is 1. The molecule has 2 N–H and O–H groups in total. The van der Waals surface area contributed by atoms with Gasteiger partial charge in [0.2, 0.25) is 5.28 Å². The summed E-state index contributed by atoms with van der Waals surface area (Å²) in [6.07, 6.45) is 0. The summed E-state index contributed by atoms with van der Waals surface area (Å²) >= 11 is 7.40. The van der Waals surface area contributed by atoms with Crippen LogP contribution in [-0.2, 0) is 0 Å². The Bertz CT molecular complexity index is 570. The largest absolute Gasteiger partial charge is 0.387 e. The minimum absolute atomic E-state index is 0.213. The third-order valence-electron chi connectivity index (χ3n) is 2.59. The van der Waals surface area contributed by atoms with Crippen molar-refractivity contribution < 1.29 is 5.11 Å². The van der Waals surface area contributed by atoms with Gasteiger partial charge in [0.05, 0.1) is 11.0 Å². The molecule has 1 unspecified atom stereocenters. The summed E-state index contributed by atoms with van der Waals surface area (Å²) in [5.41, 5.74) is -0.844. The van der Waals surface area contributed by atoms with Crippen molar-refractivity contribution in [1.29, 1.82) is 0 Å². The number of rotatable bonds is 5. The lowest BCUT2D eigenvalue weighted by atomic mass is 10.1. The Balaban J connectivity index is 2.15. The number of hydrogen-bond donors (Lipinski definition) is 2. The van der Waals surface area contributed by atoms with Crippen molar-refractivity contribution in [1.82, 2.24) is 14.9 Å². The van der Waals surface area contributed by atoms with E-state index in [1.54, 1.807) is 6.92 Å². The van der Waals surface area contributed by atoms with Crippen LogP contribution in [0, 0.1) is 0 Å². The number of aromatic nitrogens is 2. The van der Waals surface area contributed by atoms with Crippen LogP contribution in [-0.4, -0.2) is 52.8 Å². The first kappa shape index (κ1) is 14.5. The van der Waals surface area contributed by atoms with Crippen LogP contribution in [0.1, 0.15) is 6.92 Å². The lowest BCUT2D eigenvalue weighted by molar-refractivity contribution is 0.0459. The number of likely N-dealkylation sites (N-methyl/N-ethyl adjacent to an activating group) is 1. The molecule has 2 aromatic heterocycles. The van der Waals surface area contributed by atoms with Crippen LogP contribution >= 0.6 is 22.9 Å². The first-order chi connectivity index (χ1) is 8.87. The SMILES string of the molecule is CN(C)CC(C)(O)CNc1nc(Cl)nc2sccc12. The minimum Gasteiger partial charge on any atom is -0.387 e. The third-order valence-corrected chi connectivity index (χ3v) is 3.57. The molecule has 5 nitrogen and oxygen atoms in total. The maximum atomic E-state index is 10.3. The van der Waals surface area contributed by atoms with E-state index >= 15 is 0 Å². The van der Waals surface area contributed by atoms with Gasteiger partial charge in [0.1, 0.15) is 10.6 Å². The fraction of sp³-hybridized carbons (Fsp3) is 0.500. The maximum Gasteiger partial charge on any atom is 0.225 e. The van der Waals surface area contributed by atoms with Gasteiger partial charge in [-0.25, -0.2) is 9.97 Å². The van der Waals surface area contributed by atoms with Crippen LogP contribution in [0.15, 0.2) is 11.4 Å². The molecule has 0 saturated heterocycles. The molecule has 0 radical (unpaired) electrons. The monoisotopic (exact) mass is 300 g/mol. The predicted molar refractivity (Wildman–Crippen MR) is 80.1 cm³/mol. The van der Waals surface area contributed by atoms with Crippen molar-refractivity contribution in [2.75, 3.05) is 32.5 Å². The summed E-state index contributed by atoms with van der Waals surface area (Å²) in [4.78, 5) is 11.1. The van der Waals surface area contributed by atoms with Gasteiger partial charge in [-0.1, -0.05) is 0 Å². The molecule has 0 amide bonds. The summed E-state index contributed by atoms with van der Waals surface area (Å²) in [6.45, 7) is 2.74. The molecule has 1 atom stereocenters. The lowest BCUT2D eigenvalue weighted by Gasteiger charge is -2.27. The molecule has 0 aliphatic rings. The van der Waals surface area contributed by atoms with E-state index in [4.69, 9.17) is 11.6 Å². The molecular formula is C12H17ClN4OS. The average molecular weight is 301 g/mol. The van der Waals surface area contributed by atoms with E-state index in [0.717, 1.165) is 10.2 Å². The number of anilines is 1. The van der Waals surface area contributed by atoms with Crippen LogP contribution in [0.4, 0.5) is 5.82 Å². The first-order valence-electron chi connectivity index (χ1n) is 5.89. The number of nitrogens with zero attached hydrogens (tertiary/aromatic N) is 3. The second-order valence-electron chi connectivity index (χ2n) is 5.07. The van der Waals surface area contributed by atoms with Gasteiger partial charge in [-0.15, -0.1) is 11.3 Å². The fourth-order valence-corrected chi connectivity index (χ4v) is 2.96. The molecular weight excluding hydrogens is 284 g/mol. The zero-order chi connectivity index (χ0) is 14.0. The van der Waals surface area contributed by atoms with Gasteiger partial charge in [-0.3, -0.25) is 0 Å². The molecule has 0 aliphatic heterocycles. The molecule has 0 aromatic carbocycles. The summed E-state index contributed by atoms with van der Waals surface area (Å²) in [6, 6.07) is 1.94. The Morgan fingerprint density at radius 2 is 2.21 bits per heavy atom. The van der Waals surface area contributed by atoms with Crippen molar-refractivity contribution >= 4 is 39.0 Å². The quantitative estimate of drug-likeness (QED) is 0.828. The Morgan fingerprint density at radius 3 is 2.89 bits per heavy atom. The Kier molecular flexibility index (Phi) is 4.25. The van der Waals surface area contributed by atoms with Gasteiger partial charge < -0.3 is 15.3 Å². The van der Waals surface area contributed by atoms with Crippen molar-refractivity contribution in [2.45, 2.75) is 12.5 Å². The van der Waals surface area contributed by atoms with E-state index in [9.17, 15) is 5.11 Å². The number of nitrogens with one attached hydrogen (secondary N) is 1. The van der Waals surface area contributed by atoms with Crippen molar-refractivity contribution in [2.24, 2.45) is 0 Å². The molecule has 2 heterocycles. The van der Waals surface area contributed by atoms with Gasteiger partial charge in [0.25, 0.3) is 0 Å². The average Bonchev–Trinajstić information content (AvgIpc) is 2.71. The molecule has 0 bridgehead atoms. The molecule has 2 aromatic rings. The molecule has 19 heavy (non-hydrogen) atoms. The predicted octanol–water partition coefficient (Wildman–Crippen LogP) is 2.07. The topological polar surface area (TPSA) is 61.3 Å². The molecule has 2 rings (SSSR count). The molecule has 104 valence electrons. The number of halogens is 1. The van der Waals surface area contributed by atoms with Crippen LogP contribution in [0.3, 0.4) is 0 Å². The van der Waals surface area contributed by atoms with Crippen molar-refractivity contribution in [3.05, 3.63) is 16.7 Å². The van der Waals surface area contributed by atoms with Crippen LogP contribution in [0.25, 0.3) is 10.2 Å². The first-order valence-corrected chi connectivity index (χ1v) is 7.15. The zero-order valence-electron chi connectivity index (χ0n) is 11.1. The third kappa shape index (κ3) is 3.76. The van der Waals surface area contributed by atoms with E-state index in [1.807, 2.05) is 30.4 Å². The van der Waals surface area contributed by atoms with Gasteiger partial charge in [0, 0.05) is 13.1 Å². The Morgan fingerprint density at radius 1 is 1.47 bits per heavy atom. The zero-order valence-corrected chi connectivity index (χ0v) is 12.7. The van der Waals surface area contributed by atoms with Crippen LogP contribution in [0.5, 0.6) is 0 Å². The standard InChI is InChI=1S/C12H17ClN4OS/c1-12(18,7-17(2)3)6-14-9-8-4-5-19-10(8)16-11(13)15-9/h4-5,18H,6-7H2,1-3H3,(H,14,15,16). The lowest BCUT2D eigenvalue weighted by Crippen LogP contribution is -2.43. The Hall–Kier alpha value is -0.950. The number of hydrogen-bond acceptors (Lipinski definition) is 6. The second-order valence-corrected chi connectivity index (χ2v) is 6.30. The normalized spacial score (nSPS) is 14.8. The minimum atomic E-state index is -0.844. The smallest absolute Gasteiger partial charge is 0.225 e. The molecule has 0 saturated carbocycles. The summed E-state index contributed by atoms with van der Waals surface area (Å²) in [5.74, 6) is 0.662. The highest BCUT2D eigenvalue weighted by molar-refractivity contribution is 7.16. The van der Waals surface area contributed by atoms with Crippen LogP contribution < -0.4 is 5.32 Å². The van der Waals surface area contributed by atoms with Gasteiger partial charge in [-0.05, 0) is 44.1 Å². The van der Waals surface area contributed by atoms with Gasteiger partial charge in [0.15, 0.2) is 0 Å². The van der Waals surface area contributed by atoms with E-state index in [0.29, 0.717) is 18.9 Å². The maximum absolute atomic E-state index is 10.3. The molecule has 7 heteroatoms. The summed E-state index contributed by atoms with van der Waals surface area (Å²) in [7, 11) is 3.85. The van der Waals surface area contributed by atoms with E-state index < -0.39 is 5.60 Å². The Labute approximate surface area is 121 Å². The highest BCUT2D eigenvalue weighted by Crippen LogP contribution is 2.26. The van der Waals surface area contributed by atoms with Crippen molar-refractivity contribution in [3.8, 4) is 0 Å². The highest BCUT2D eigenvalue weighted by Gasteiger charge is 2.21. The van der Waals surface area contributed by atoms with Gasteiger partial charge >= 0.3 is 0 Å². The number of aliphatic hydroxyl groups is 1. The fourth-order valence-electron chi connectivity index (χ4n) is 1.98. The van der Waals surface area contributed by atoms with E-state index in [1.165, 1.54) is 11.3 Å². The second kappa shape index (κ2) is 5.58. The van der Waals surface area contributed by atoms with Gasteiger partial charge in [-0.2, -0.15) is 0 Å². The van der Waals surface area contributed by atoms with Crippen LogP contribution in [0.2, 0.25) is 5.28 Å². The molecule has 0 aliphatic carbocycles. The number of thiophene rings is 1. The molecule has 0 fully saturated rings. The van der Waals surface area contributed by atoms with Crippen molar-refractivity contribution in [3.63, 3.8) is 0 Å².